The molecule has 0 unspecified atom stereocenters. The average molecular weight is 357 g/mol. The topological polar surface area (TPSA) is 28.7 Å². The normalized spacial score (nSPS) is 23.9. The Bertz CT molecular complexity index is 522. The molecule has 2 nitrogen and oxygen atoms in total. The fourth-order valence-corrected chi connectivity index (χ4v) is 3.88. The van der Waals surface area contributed by atoms with Crippen LogP contribution in [0, 0.1) is 16.0 Å². The number of hydrogen-bond acceptors (Lipinski definition) is 2. The third-order valence-corrected chi connectivity index (χ3v) is 6.06. The van der Waals surface area contributed by atoms with Crippen molar-refractivity contribution >= 4 is 28.1 Å². The number of aryl methyl sites for hydroxylation is 1. The van der Waals surface area contributed by atoms with Gasteiger partial charge in [-0.3, -0.25) is 0 Å². The molecule has 0 amide bonds. The Balaban J connectivity index is 2.15. The predicted octanol–water partition coefficient (Wildman–Crippen LogP) is 5.78. The minimum absolute atomic E-state index is 0.430. The zero-order chi connectivity index (χ0) is 14.9. The smallest absolute Gasteiger partial charge is 0.144 e. The number of halogens is 1. The minimum Gasteiger partial charge on any atom is -0.346 e. The molecule has 1 fully saturated rings. The lowest BCUT2D eigenvalue weighted by Gasteiger charge is -2.36. The van der Waals surface area contributed by atoms with Crippen LogP contribution in [0.1, 0.15) is 70.8 Å². The van der Waals surface area contributed by atoms with Crippen LogP contribution in [0.2, 0.25) is 0 Å². The standard InChI is InChI=1S/C16H25BrN2S/c1-5-12-13(17)15(20)19-14(18-12)10-6-8-11(9-7-10)16(2,3)4/h10-11H,5-9H2,1-4H3,(H,18,19,20). The number of nitrogens with zero attached hydrogens (tertiary/aromatic N) is 1. The van der Waals surface area contributed by atoms with Gasteiger partial charge >= 0.3 is 0 Å². The van der Waals surface area contributed by atoms with Crippen molar-refractivity contribution in [2.45, 2.75) is 65.7 Å². The first-order valence-corrected chi connectivity index (χ1v) is 8.81. The van der Waals surface area contributed by atoms with Crippen LogP contribution in [0.5, 0.6) is 0 Å². The Morgan fingerprint density at radius 2 is 1.85 bits per heavy atom. The molecule has 0 aliphatic heterocycles. The molecule has 112 valence electrons. The Morgan fingerprint density at radius 1 is 1.25 bits per heavy atom. The quantitative estimate of drug-likeness (QED) is 0.679. The highest BCUT2D eigenvalue weighted by Gasteiger charge is 2.31. The van der Waals surface area contributed by atoms with E-state index in [-0.39, 0.29) is 0 Å². The van der Waals surface area contributed by atoms with Gasteiger partial charge in [0.25, 0.3) is 0 Å². The van der Waals surface area contributed by atoms with Crippen LogP contribution < -0.4 is 0 Å². The first-order valence-electron chi connectivity index (χ1n) is 7.61. The van der Waals surface area contributed by atoms with Gasteiger partial charge in [-0.25, -0.2) is 4.98 Å². The van der Waals surface area contributed by atoms with Gasteiger partial charge in [0.05, 0.1) is 4.47 Å². The zero-order valence-corrected chi connectivity index (χ0v) is 15.3. The van der Waals surface area contributed by atoms with Crippen molar-refractivity contribution < 1.29 is 0 Å². The molecule has 1 N–H and O–H groups in total. The Kier molecular flexibility index (Phi) is 5.06. The SMILES string of the molecule is CCc1[nH]c(C2CCC(C(C)(C)C)CC2)nc(=S)c1Br. The number of rotatable bonds is 2. The lowest BCUT2D eigenvalue weighted by molar-refractivity contribution is 0.167. The van der Waals surface area contributed by atoms with E-state index >= 15 is 0 Å². The second kappa shape index (κ2) is 6.27. The predicted molar refractivity (Wildman–Crippen MR) is 90.7 cm³/mol. The highest BCUT2D eigenvalue weighted by Crippen LogP contribution is 2.42. The van der Waals surface area contributed by atoms with E-state index in [9.17, 15) is 0 Å². The molecule has 4 heteroatoms. The first-order chi connectivity index (χ1) is 9.32. The Morgan fingerprint density at radius 3 is 2.35 bits per heavy atom. The van der Waals surface area contributed by atoms with E-state index in [2.05, 4.69) is 53.6 Å². The first kappa shape index (κ1) is 16.2. The van der Waals surface area contributed by atoms with E-state index in [0.29, 0.717) is 16.0 Å². The Hall–Kier alpha value is -0.220. The number of H-pyrrole nitrogens is 1. The molecule has 1 aliphatic rings. The van der Waals surface area contributed by atoms with Crippen LogP contribution in [-0.4, -0.2) is 9.97 Å². The van der Waals surface area contributed by atoms with Gasteiger partial charge in [0.15, 0.2) is 0 Å². The van der Waals surface area contributed by atoms with Crippen molar-refractivity contribution in [3.63, 3.8) is 0 Å². The summed E-state index contributed by atoms with van der Waals surface area (Å²) < 4.78 is 1.66. The molecule has 1 aliphatic carbocycles. The third kappa shape index (κ3) is 3.51. The molecular weight excluding hydrogens is 332 g/mol. The summed E-state index contributed by atoms with van der Waals surface area (Å²) in [5.41, 5.74) is 1.61. The number of nitrogens with one attached hydrogen (secondary N) is 1. The summed E-state index contributed by atoms with van der Waals surface area (Å²) in [6.07, 6.45) is 6.01. The van der Waals surface area contributed by atoms with Crippen LogP contribution in [0.15, 0.2) is 4.47 Å². The lowest BCUT2D eigenvalue weighted by atomic mass is 9.69. The van der Waals surface area contributed by atoms with Crippen LogP contribution in [0.3, 0.4) is 0 Å². The highest BCUT2D eigenvalue weighted by molar-refractivity contribution is 9.10. The van der Waals surface area contributed by atoms with Gasteiger partial charge in [-0.1, -0.05) is 39.9 Å². The molecule has 0 aromatic carbocycles. The minimum atomic E-state index is 0.430. The number of aromatic amines is 1. The van der Waals surface area contributed by atoms with Crippen LogP contribution in [0.4, 0.5) is 0 Å². The second-order valence-electron chi connectivity index (χ2n) is 6.99. The molecule has 20 heavy (non-hydrogen) atoms. The summed E-state index contributed by atoms with van der Waals surface area (Å²) in [4.78, 5) is 8.11. The average Bonchev–Trinajstić information content (AvgIpc) is 2.41. The van der Waals surface area contributed by atoms with Crippen molar-refractivity contribution in [2.24, 2.45) is 11.3 Å². The molecule has 0 bridgehead atoms. The van der Waals surface area contributed by atoms with Gasteiger partial charge in [0.2, 0.25) is 0 Å². The second-order valence-corrected chi connectivity index (χ2v) is 8.17. The molecule has 1 saturated carbocycles. The summed E-state index contributed by atoms with van der Waals surface area (Å²) in [5.74, 6) is 2.49. The third-order valence-electron chi connectivity index (χ3n) is 4.65. The molecule has 0 spiro atoms. The molecular formula is C16H25BrN2S. The maximum Gasteiger partial charge on any atom is 0.144 e. The molecule has 2 rings (SSSR count). The van der Waals surface area contributed by atoms with Gasteiger partial charge in [-0.15, -0.1) is 0 Å². The van der Waals surface area contributed by atoms with E-state index in [4.69, 9.17) is 12.2 Å². The van der Waals surface area contributed by atoms with Crippen LogP contribution >= 0.6 is 28.1 Å². The summed E-state index contributed by atoms with van der Waals surface area (Å²) in [7, 11) is 0. The number of hydrogen-bond donors (Lipinski definition) is 1. The van der Waals surface area contributed by atoms with Gasteiger partial charge in [-0.2, -0.15) is 0 Å². The van der Waals surface area contributed by atoms with E-state index in [1.165, 1.54) is 31.4 Å². The molecule has 0 atom stereocenters. The summed E-state index contributed by atoms with van der Waals surface area (Å²) in [5, 5.41) is 0. The van der Waals surface area contributed by atoms with E-state index in [0.717, 1.165) is 22.6 Å². The molecule has 1 aromatic rings. The molecule has 0 radical (unpaired) electrons. The molecule has 1 aromatic heterocycles. The van der Waals surface area contributed by atoms with Crippen molar-refractivity contribution in [1.29, 1.82) is 0 Å². The summed E-state index contributed by atoms with van der Waals surface area (Å²) >= 11 is 8.90. The fraction of sp³-hybridized carbons (Fsp3) is 0.750. The fourth-order valence-electron chi connectivity index (χ4n) is 3.19. The zero-order valence-electron chi connectivity index (χ0n) is 12.9. The largest absolute Gasteiger partial charge is 0.346 e. The number of aromatic nitrogens is 2. The Labute approximate surface area is 135 Å². The molecule has 0 saturated heterocycles. The van der Waals surface area contributed by atoms with Crippen molar-refractivity contribution in [1.82, 2.24) is 9.97 Å². The summed E-state index contributed by atoms with van der Waals surface area (Å²) in [6, 6.07) is 0. The molecule has 1 heterocycles. The van der Waals surface area contributed by atoms with Gasteiger partial charge in [-0.05, 0) is 59.4 Å². The van der Waals surface area contributed by atoms with Crippen LogP contribution in [0.25, 0.3) is 0 Å². The lowest BCUT2D eigenvalue weighted by Crippen LogP contribution is -2.26. The van der Waals surface area contributed by atoms with Gasteiger partial charge in [0.1, 0.15) is 10.5 Å². The van der Waals surface area contributed by atoms with Crippen molar-refractivity contribution in [3.8, 4) is 0 Å². The summed E-state index contributed by atoms with van der Waals surface area (Å²) in [6.45, 7) is 9.22. The van der Waals surface area contributed by atoms with Crippen LogP contribution in [-0.2, 0) is 6.42 Å². The van der Waals surface area contributed by atoms with Gasteiger partial charge < -0.3 is 4.98 Å². The van der Waals surface area contributed by atoms with Crippen molar-refractivity contribution in [3.05, 3.63) is 20.6 Å². The van der Waals surface area contributed by atoms with Gasteiger partial charge in [0, 0.05) is 11.6 Å². The van der Waals surface area contributed by atoms with E-state index in [1.807, 2.05) is 0 Å². The van der Waals surface area contributed by atoms with E-state index < -0.39 is 0 Å². The monoisotopic (exact) mass is 356 g/mol. The highest BCUT2D eigenvalue weighted by atomic mass is 79.9. The maximum atomic E-state index is 5.37. The maximum absolute atomic E-state index is 5.37. The van der Waals surface area contributed by atoms with Crippen molar-refractivity contribution in [2.75, 3.05) is 0 Å². The van der Waals surface area contributed by atoms with E-state index in [1.54, 1.807) is 0 Å².